The van der Waals surface area contributed by atoms with Crippen LogP contribution in [0.2, 0.25) is 0 Å². The molecule has 0 saturated carbocycles. The zero-order valence-corrected chi connectivity index (χ0v) is 11.4. The lowest BCUT2D eigenvalue weighted by molar-refractivity contribution is 0.0696. The summed E-state index contributed by atoms with van der Waals surface area (Å²) < 4.78 is 5.33. The van der Waals surface area contributed by atoms with Gasteiger partial charge in [0.25, 0.3) is 0 Å². The molecule has 0 spiro atoms. The lowest BCUT2D eigenvalue weighted by Crippen LogP contribution is -2.32. The lowest BCUT2D eigenvalue weighted by Gasteiger charge is -2.32. The maximum Gasteiger partial charge on any atom is 0.338 e. The van der Waals surface area contributed by atoms with Crippen molar-refractivity contribution in [1.29, 1.82) is 0 Å². The van der Waals surface area contributed by atoms with Gasteiger partial charge in [0.05, 0.1) is 12.1 Å². The Kier molecular flexibility index (Phi) is 3.16. The predicted octanol–water partition coefficient (Wildman–Crippen LogP) is 3.16. The number of aromatic carboxylic acids is 1. The molecule has 2 aromatic heterocycles. The summed E-state index contributed by atoms with van der Waals surface area (Å²) in [5, 5.41) is 11.0. The molecule has 0 fully saturated rings. The van der Waals surface area contributed by atoms with Crippen LogP contribution in [0, 0.1) is 0 Å². The van der Waals surface area contributed by atoms with Gasteiger partial charge in [-0.2, -0.15) is 0 Å². The average Bonchev–Trinajstić information content (AvgIpc) is 3.01. The molecule has 100 valence electrons. The van der Waals surface area contributed by atoms with Gasteiger partial charge < -0.3 is 9.52 Å². The van der Waals surface area contributed by atoms with Crippen LogP contribution in [-0.4, -0.2) is 22.5 Å². The van der Waals surface area contributed by atoms with E-state index >= 15 is 0 Å². The van der Waals surface area contributed by atoms with Crippen LogP contribution in [0.25, 0.3) is 0 Å². The third-order valence-corrected chi connectivity index (χ3v) is 4.66. The molecule has 0 amide bonds. The van der Waals surface area contributed by atoms with E-state index < -0.39 is 5.97 Å². The molecule has 1 aliphatic rings. The summed E-state index contributed by atoms with van der Waals surface area (Å²) in [7, 11) is 0. The van der Waals surface area contributed by atoms with Crippen molar-refractivity contribution in [2.24, 2.45) is 0 Å². The highest BCUT2D eigenvalue weighted by Crippen LogP contribution is 2.33. The molecule has 1 unspecified atom stereocenters. The van der Waals surface area contributed by atoms with Crippen LogP contribution in [0.1, 0.15) is 39.5 Å². The molecule has 1 aliphatic heterocycles. The van der Waals surface area contributed by atoms with E-state index in [1.54, 1.807) is 6.07 Å². The number of furan rings is 1. The van der Waals surface area contributed by atoms with E-state index in [0.29, 0.717) is 18.3 Å². The van der Waals surface area contributed by atoms with Crippen molar-refractivity contribution < 1.29 is 14.3 Å². The SMILES string of the molecule is CC1c2ccsc2CCN1Cc1cc(C(=O)O)co1. The summed E-state index contributed by atoms with van der Waals surface area (Å²) in [5.41, 5.74) is 1.61. The highest BCUT2D eigenvalue weighted by atomic mass is 32.1. The highest BCUT2D eigenvalue weighted by Gasteiger charge is 2.25. The number of thiophene rings is 1. The van der Waals surface area contributed by atoms with Crippen LogP contribution in [0.5, 0.6) is 0 Å². The topological polar surface area (TPSA) is 53.7 Å². The van der Waals surface area contributed by atoms with Gasteiger partial charge in [-0.3, -0.25) is 4.90 Å². The summed E-state index contributed by atoms with van der Waals surface area (Å²) in [5.74, 6) is -0.232. The largest absolute Gasteiger partial charge is 0.478 e. The Bertz CT molecular complexity index is 601. The van der Waals surface area contributed by atoms with E-state index in [2.05, 4.69) is 23.3 Å². The van der Waals surface area contributed by atoms with Crippen molar-refractivity contribution in [2.75, 3.05) is 6.54 Å². The minimum atomic E-state index is -0.943. The second-order valence-electron chi connectivity index (χ2n) is 4.80. The number of hydrogen-bond donors (Lipinski definition) is 1. The number of fused-ring (bicyclic) bond motifs is 1. The van der Waals surface area contributed by atoms with Gasteiger partial charge in [0.15, 0.2) is 0 Å². The maximum absolute atomic E-state index is 10.8. The van der Waals surface area contributed by atoms with Crippen LogP contribution in [-0.2, 0) is 13.0 Å². The van der Waals surface area contributed by atoms with Crippen LogP contribution in [0.4, 0.5) is 0 Å². The monoisotopic (exact) mass is 277 g/mol. The van der Waals surface area contributed by atoms with Gasteiger partial charge in [0, 0.05) is 17.5 Å². The Morgan fingerprint density at radius 2 is 2.47 bits per heavy atom. The Hall–Kier alpha value is -1.59. The molecule has 5 heteroatoms. The van der Waals surface area contributed by atoms with Crippen molar-refractivity contribution >= 4 is 17.3 Å². The van der Waals surface area contributed by atoms with E-state index in [1.165, 1.54) is 16.7 Å². The van der Waals surface area contributed by atoms with Gasteiger partial charge in [-0.05, 0) is 36.4 Å². The molecule has 0 bridgehead atoms. The Morgan fingerprint density at radius 3 is 3.21 bits per heavy atom. The molecule has 0 radical (unpaired) electrons. The van der Waals surface area contributed by atoms with Gasteiger partial charge in [0.2, 0.25) is 0 Å². The third kappa shape index (κ3) is 2.31. The normalized spacial score (nSPS) is 19.3. The zero-order chi connectivity index (χ0) is 13.4. The molecule has 4 nitrogen and oxygen atoms in total. The fourth-order valence-electron chi connectivity index (χ4n) is 2.55. The quantitative estimate of drug-likeness (QED) is 0.936. The first kappa shape index (κ1) is 12.4. The van der Waals surface area contributed by atoms with Crippen LogP contribution >= 0.6 is 11.3 Å². The van der Waals surface area contributed by atoms with E-state index in [0.717, 1.165) is 13.0 Å². The lowest BCUT2D eigenvalue weighted by atomic mass is 10.0. The third-order valence-electron chi connectivity index (χ3n) is 3.66. The molecule has 1 N–H and O–H groups in total. The molecular weight excluding hydrogens is 262 g/mol. The number of rotatable bonds is 3. The van der Waals surface area contributed by atoms with Crippen molar-refractivity contribution in [3.8, 4) is 0 Å². The van der Waals surface area contributed by atoms with Gasteiger partial charge in [-0.1, -0.05) is 0 Å². The first-order valence-corrected chi connectivity index (χ1v) is 7.14. The molecule has 3 rings (SSSR count). The number of hydrogen-bond acceptors (Lipinski definition) is 4. The van der Waals surface area contributed by atoms with Crippen LogP contribution < -0.4 is 0 Å². The summed E-state index contributed by atoms with van der Waals surface area (Å²) in [6.45, 7) is 3.83. The Morgan fingerprint density at radius 1 is 1.63 bits per heavy atom. The maximum atomic E-state index is 10.8. The van der Waals surface area contributed by atoms with Crippen molar-refractivity contribution in [3.63, 3.8) is 0 Å². The number of carboxylic acid groups (broad SMARTS) is 1. The molecule has 2 aromatic rings. The zero-order valence-electron chi connectivity index (χ0n) is 10.6. The Balaban J connectivity index is 1.75. The van der Waals surface area contributed by atoms with Gasteiger partial charge in [-0.15, -0.1) is 11.3 Å². The van der Waals surface area contributed by atoms with Crippen LogP contribution in [0.3, 0.4) is 0 Å². The van der Waals surface area contributed by atoms with Crippen molar-refractivity contribution in [1.82, 2.24) is 4.90 Å². The first-order valence-electron chi connectivity index (χ1n) is 6.26. The standard InChI is InChI=1S/C14H15NO3S/c1-9-12-3-5-19-13(12)2-4-15(9)7-11-6-10(8-18-11)14(16)17/h3,5-6,8-9H,2,4,7H2,1H3,(H,16,17). The Labute approximate surface area is 115 Å². The fraction of sp³-hybridized carbons (Fsp3) is 0.357. The van der Waals surface area contributed by atoms with Gasteiger partial charge in [-0.25, -0.2) is 4.79 Å². The molecule has 3 heterocycles. The van der Waals surface area contributed by atoms with E-state index in [-0.39, 0.29) is 5.56 Å². The summed E-state index contributed by atoms with van der Waals surface area (Å²) >= 11 is 1.82. The molecule has 0 saturated heterocycles. The number of carboxylic acids is 1. The van der Waals surface area contributed by atoms with Crippen molar-refractivity contribution in [3.05, 3.63) is 45.5 Å². The van der Waals surface area contributed by atoms with Crippen molar-refractivity contribution in [2.45, 2.75) is 25.9 Å². The molecular formula is C14H15NO3S. The number of nitrogens with zero attached hydrogens (tertiary/aromatic N) is 1. The van der Waals surface area contributed by atoms with Gasteiger partial charge >= 0.3 is 5.97 Å². The highest BCUT2D eigenvalue weighted by molar-refractivity contribution is 7.10. The molecule has 0 aromatic carbocycles. The minimum Gasteiger partial charge on any atom is -0.478 e. The second kappa shape index (κ2) is 4.83. The average molecular weight is 277 g/mol. The van der Waals surface area contributed by atoms with E-state index in [4.69, 9.17) is 9.52 Å². The van der Waals surface area contributed by atoms with Crippen LogP contribution in [0.15, 0.2) is 28.2 Å². The number of carbonyl (C=O) groups is 1. The minimum absolute atomic E-state index is 0.218. The summed E-state index contributed by atoms with van der Waals surface area (Å²) in [6.07, 6.45) is 2.37. The van der Waals surface area contributed by atoms with E-state index in [1.807, 2.05) is 11.3 Å². The van der Waals surface area contributed by atoms with Gasteiger partial charge in [0.1, 0.15) is 12.0 Å². The predicted molar refractivity (Wildman–Crippen MR) is 72.5 cm³/mol. The summed E-state index contributed by atoms with van der Waals surface area (Å²) in [4.78, 5) is 14.6. The smallest absolute Gasteiger partial charge is 0.338 e. The second-order valence-corrected chi connectivity index (χ2v) is 5.80. The first-order chi connectivity index (χ1) is 9.15. The molecule has 1 atom stereocenters. The molecule has 19 heavy (non-hydrogen) atoms. The summed E-state index contributed by atoms with van der Waals surface area (Å²) in [6, 6.07) is 4.15. The molecule has 0 aliphatic carbocycles. The van der Waals surface area contributed by atoms with E-state index in [9.17, 15) is 4.79 Å². The fourth-order valence-corrected chi connectivity index (χ4v) is 3.52.